The van der Waals surface area contributed by atoms with Crippen LogP contribution in [0.4, 0.5) is 0 Å². The van der Waals surface area contributed by atoms with Crippen molar-refractivity contribution in [1.82, 2.24) is 10.2 Å². The molecule has 1 N–H and O–H groups in total. The first-order valence-electron chi connectivity index (χ1n) is 5.23. The summed E-state index contributed by atoms with van der Waals surface area (Å²) in [6.07, 6.45) is 0. The first-order valence-corrected chi connectivity index (χ1v) is 6.02. The van der Waals surface area contributed by atoms with E-state index in [1.165, 1.54) is 5.56 Å². The van der Waals surface area contributed by atoms with Crippen molar-refractivity contribution in [2.75, 3.05) is 27.2 Å². The van der Waals surface area contributed by atoms with Crippen LogP contribution in [0.5, 0.6) is 0 Å². The van der Waals surface area contributed by atoms with Gasteiger partial charge in [0.25, 0.3) is 0 Å². The van der Waals surface area contributed by atoms with E-state index in [-0.39, 0.29) is 0 Å². The van der Waals surface area contributed by atoms with Gasteiger partial charge in [0, 0.05) is 23.6 Å². The fourth-order valence-corrected chi connectivity index (χ4v) is 1.64. The van der Waals surface area contributed by atoms with E-state index in [1.54, 1.807) is 0 Å². The Morgan fingerprint density at radius 1 is 1.27 bits per heavy atom. The molecule has 0 spiro atoms. The zero-order chi connectivity index (χ0) is 11.3. The third kappa shape index (κ3) is 4.78. The van der Waals surface area contributed by atoms with E-state index in [0.717, 1.165) is 17.6 Å². The quantitative estimate of drug-likeness (QED) is 0.885. The largest absolute Gasteiger partial charge is 0.309 e. The molecule has 84 valence electrons. The molecule has 0 aromatic heterocycles. The van der Waals surface area contributed by atoms with Crippen molar-refractivity contribution in [1.29, 1.82) is 0 Å². The number of rotatable bonds is 5. The number of halogens is 1. The molecule has 1 aromatic rings. The lowest BCUT2D eigenvalue weighted by atomic mass is 10.1. The summed E-state index contributed by atoms with van der Waals surface area (Å²) < 4.78 is 1.13. The zero-order valence-electron chi connectivity index (χ0n) is 9.63. The molecule has 1 aromatic carbocycles. The number of hydrogen-bond donors (Lipinski definition) is 1. The van der Waals surface area contributed by atoms with Gasteiger partial charge in [0.05, 0.1) is 0 Å². The van der Waals surface area contributed by atoms with Gasteiger partial charge in [0.15, 0.2) is 0 Å². The van der Waals surface area contributed by atoms with Crippen LogP contribution >= 0.6 is 15.9 Å². The number of nitrogens with one attached hydrogen (secondary N) is 1. The summed E-state index contributed by atoms with van der Waals surface area (Å²) in [6.45, 7) is 4.28. The zero-order valence-corrected chi connectivity index (χ0v) is 11.2. The molecule has 0 radical (unpaired) electrons. The smallest absolute Gasteiger partial charge is 0.0292 e. The molecule has 0 amide bonds. The van der Waals surface area contributed by atoms with Gasteiger partial charge < -0.3 is 10.2 Å². The standard InChI is InChI=1S/C12H19BrN2/c1-10(14-8-9-15(2)3)11-4-6-12(13)7-5-11/h4-7,10,14H,8-9H2,1-3H3/t10-/m1/s1. The average Bonchev–Trinajstić information content (AvgIpc) is 2.18. The van der Waals surface area contributed by atoms with E-state index in [0.29, 0.717) is 6.04 Å². The Balaban J connectivity index is 2.40. The molecule has 1 rings (SSSR count). The predicted molar refractivity (Wildman–Crippen MR) is 69.1 cm³/mol. The van der Waals surface area contributed by atoms with Gasteiger partial charge in [-0.1, -0.05) is 28.1 Å². The summed E-state index contributed by atoms with van der Waals surface area (Å²) in [5.74, 6) is 0. The van der Waals surface area contributed by atoms with Gasteiger partial charge in [-0.3, -0.25) is 0 Å². The highest BCUT2D eigenvalue weighted by Crippen LogP contribution is 2.16. The van der Waals surface area contributed by atoms with E-state index in [2.05, 4.69) is 71.4 Å². The minimum Gasteiger partial charge on any atom is -0.309 e. The van der Waals surface area contributed by atoms with Crippen LogP contribution in [0.1, 0.15) is 18.5 Å². The Labute approximate surface area is 101 Å². The maximum absolute atomic E-state index is 3.49. The van der Waals surface area contributed by atoms with Gasteiger partial charge in [-0.2, -0.15) is 0 Å². The third-order valence-electron chi connectivity index (χ3n) is 2.38. The summed E-state index contributed by atoms with van der Waals surface area (Å²) in [7, 11) is 4.18. The van der Waals surface area contributed by atoms with Crippen molar-refractivity contribution in [2.24, 2.45) is 0 Å². The van der Waals surface area contributed by atoms with E-state index in [4.69, 9.17) is 0 Å². The lowest BCUT2D eigenvalue weighted by Crippen LogP contribution is -2.28. The highest BCUT2D eigenvalue weighted by atomic mass is 79.9. The second-order valence-corrected chi connectivity index (χ2v) is 4.95. The van der Waals surface area contributed by atoms with Crippen LogP contribution in [0, 0.1) is 0 Å². The Bertz CT molecular complexity index is 282. The van der Waals surface area contributed by atoms with Gasteiger partial charge in [-0.15, -0.1) is 0 Å². The molecule has 0 saturated carbocycles. The summed E-state index contributed by atoms with van der Waals surface area (Å²) >= 11 is 3.44. The van der Waals surface area contributed by atoms with Crippen molar-refractivity contribution in [3.05, 3.63) is 34.3 Å². The molecule has 0 aliphatic rings. The minimum absolute atomic E-state index is 0.415. The molecule has 0 fully saturated rings. The Kier molecular flexibility index (Phi) is 5.29. The highest BCUT2D eigenvalue weighted by Gasteiger charge is 2.03. The van der Waals surface area contributed by atoms with Gasteiger partial charge in [-0.25, -0.2) is 0 Å². The van der Waals surface area contributed by atoms with Gasteiger partial charge in [0.1, 0.15) is 0 Å². The molecule has 0 bridgehead atoms. The van der Waals surface area contributed by atoms with Gasteiger partial charge >= 0.3 is 0 Å². The van der Waals surface area contributed by atoms with Crippen LogP contribution in [0.15, 0.2) is 28.7 Å². The van der Waals surface area contributed by atoms with E-state index in [1.807, 2.05) is 0 Å². The van der Waals surface area contributed by atoms with Crippen molar-refractivity contribution in [3.63, 3.8) is 0 Å². The van der Waals surface area contributed by atoms with Crippen LogP contribution < -0.4 is 5.32 Å². The Morgan fingerprint density at radius 2 is 1.87 bits per heavy atom. The van der Waals surface area contributed by atoms with Gasteiger partial charge in [0.2, 0.25) is 0 Å². The van der Waals surface area contributed by atoms with Crippen LogP contribution in [0.25, 0.3) is 0 Å². The molecule has 15 heavy (non-hydrogen) atoms. The highest BCUT2D eigenvalue weighted by molar-refractivity contribution is 9.10. The molecule has 0 saturated heterocycles. The monoisotopic (exact) mass is 270 g/mol. The fraction of sp³-hybridized carbons (Fsp3) is 0.500. The first-order chi connectivity index (χ1) is 7.09. The lowest BCUT2D eigenvalue weighted by Gasteiger charge is -2.16. The fourth-order valence-electron chi connectivity index (χ4n) is 1.37. The molecular weight excluding hydrogens is 252 g/mol. The Hall–Kier alpha value is -0.380. The molecule has 2 nitrogen and oxygen atoms in total. The van der Waals surface area contributed by atoms with Crippen LogP contribution in [0.3, 0.4) is 0 Å². The molecule has 0 heterocycles. The second kappa shape index (κ2) is 6.26. The second-order valence-electron chi connectivity index (χ2n) is 4.03. The first kappa shape index (κ1) is 12.7. The Morgan fingerprint density at radius 3 is 2.40 bits per heavy atom. The van der Waals surface area contributed by atoms with Crippen molar-refractivity contribution >= 4 is 15.9 Å². The summed E-state index contributed by atoms with van der Waals surface area (Å²) in [5.41, 5.74) is 1.33. The molecule has 0 unspecified atom stereocenters. The van der Waals surface area contributed by atoms with Crippen LogP contribution in [-0.4, -0.2) is 32.1 Å². The van der Waals surface area contributed by atoms with Crippen molar-refractivity contribution in [3.8, 4) is 0 Å². The lowest BCUT2D eigenvalue weighted by molar-refractivity contribution is 0.389. The van der Waals surface area contributed by atoms with Crippen molar-refractivity contribution < 1.29 is 0 Å². The number of nitrogens with zero attached hydrogens (tertiary/aromatic N) is 1. The molecule has 0 aliphatic heterocycles. The van der Waals surface area contributed by atoms with E-state index < -0.39 is 0 Å². The number of likely N-dealkylation sites (N-methyl/N-ethyl adjacent to an activating group) is 1. The molecule has 0 aliphatic carbocycles. The normalized spacial score (nSPS) is 13.1. The van der Waals surface area contributed by atoms with E-state index in [9.17, 15) is 0 Å². The summed E-state index contributed by atoms with van der Waals surface area (Å²) in [5, 5.41) is 3.49. The number of hydrogen-bond acceptors (Lipinski definition) is 2. The maximum Gasteiger partial charge on any atom is 0.0292 e. The summed E-state index contributed by atoms with van der Waals surface area (Å²) in [6, 6.07) is 8.88. The third-order valence-corrected chi connectivity index (χ3v) is 2.91. The molecular formula is C12H19BrN2. The minimum atomic E-state index is 0.415. The predicted octanol–water partition coefficient (Wildman–Crippen LogP) is 2.66. The summed E-state index contributed by atoms with van der Waals surface area (Å²) in [4.78, 5) is 2.18. The topological polar surface area (TPSA) is 15.3 Å². The molecule has 3 heteroatoms. The van der Waals surface area contributed by atoms with Crippen LogP contribution in [0.2, 0.25) is 0 Å². The average molecular weight is 271 g/mol. The SMILES string of the molecule is C[C@@H](NCCN(C)C)c1ccc(Br)cc1. The van der Waals surface area contributed by atoms with Crippen LogP contribution in [-0.2, 0) is 0 Å². The van der Waals surface area contributed by atoms with Crippen molar-refractivity contribution in [2.45, 2.75) is 13.0 Å². The van der Waals surface area contributed by atoms with Gasteiger partial charge in [-0.05, 0) is 38.7 Å². The number of benzene rings is 1. The molecule has 1 atom stereocenters. The van der Waals surface area contributed by atoms with E-state index >= 15 is 0 Å². The maximum atomic E-state index is 3.49.